The van der Waals surface area contributed by atoms with Crippen molar-refractivity contribution >= 4 is 5.91 Å². The molecule has 4 aliphatic rings. The molecule has 0 N–H and O–H groups in total. The number of aromatic nitrogens is 2. The number of nitrogens with zero attached hydrogens (tertiary/aromatic N) is 5. The lowest BCUT2D eigenvalue weighted by Gasteiger charge is -2.46. The maximum absolute atomic E-state index is 12.9. The smallest absolute Gasteiger partial charge is 0.274 e. The molecule has 27 heavy (non-hydrogen) atoms. The number of piperidine rings is 1. The number of morpholine rings is 1. The van der Waals surface area contributed by atoms with Crippen molar-refractivity contribution in [1.29, 1.82) is 0 Å². The molecule has 5 heterocycles. The van der Waals surface area contributed by atoms with Crippen LogP contribution in [0.4, 0.5) is 0 Å². The van der Waals surface area contributed by atoms with Crippen LogP contribution in [-0.2, 0) is 4.74 Å². The third-order valence-corrected chi connectivity index (χ3v) is 6.35. The van der Waals surface area contributed by atoms with Crippen molar-refractivity contribution < 1.29 is 9.53 Å². The summed E-state index contributed by atoms with van der Waals surface area (Å²) in [6, 6.07) is 0.435. The van der Waals surface area contributed by atoms with E-state index in [9.17, 15) is 4.79 Å². The number of carbonyl (C=O) groups excluding carboxylic acids is 1. The number of amides is 1. The highest BCUT2D eigenvalue weighted by molar-refractivity contribution is 5.92. The van der Waals surface area contributed by atoms with Gasteiger partial charge in [0.25, 0.3) is 5.91 Å². The molecule has 0 radical (unpaired) electrons. The van der Waals surface area contributed by atoms with Gasteiger partial charge in [-0.2, -0.15) is 0 Å². The van der Waals surface area contributed by atoms with Gasteiger partial charge in [0.2, 0.25) is 0 Å². The van der Waals surface area contributed by atoms with Crippen LogP contribution in [0.1, 0.15) is 37.2 Å². The van der Waals surface area contributed by atoms with Crippen LogP contribution in [0.2, 0.25) is 0 Å². The molecule has 0 aromatic carbocycles. The van der Waals surface area contributed by atoms with Crippen molar-refractivity contribution in [3.05, 3.63) is 24.3 Å². The van der Waals surface area contributed by atoms with E-state index >= 15 is 0 Å². The van der Waals surface area contributed by atoms with Crippen molar-refractivity contribution in [2.75, 3.05) is 52.5 Å². The van der Waals surface area contributed by atoms with Crippen LogP contribution in [0.3, 0.4) is 0 Å². The van der Waals surface area contributed by atoms with Gasteiger partial charge >= 0.3 is 0 Å². The molecule has 2 atom stereocenters. The van der Waals surface area contributed by atoms with E-state index in [0.29, 0.717) is 17.7 Å². The number of hydrogen-bond acceptors (Lipinski definition) is 6. The Kier molecular flexibility index (Phi) is 5.43. The third kappa shape index (κ3) is 4.15. The molecule has 0 unspecified atom stereocenters. The molecule has 5 rings (SSSR count). The zero-order valence-electron chi connectivity index (χ0n) is 16.5. The first-order chi connectivity index (χ1) is 13.0. The monoisotopic (exact) mass is 373 g/mol. The molecule has 0 saturated carbocycles. The standard InChI is InChI=1S/C20H31N5O2/c1-20(2,25-7-9-27-10-8-25)15-24-13-16-3-4-17(24)14-23(12-16)19(26)18-11-21-5-6-22-18/h5-6,11,16-17H,3-4,7-10,12-15H2,1-2H3/t16-,17+/m0/s1. The maximum atomic E-state index is 12.9. The van der Waals surface area contributed by atoms with Gasteiger partial charge in [0.1, 0.15) is 5.69 Å². The molecule has 0 aliphatic carbocycles. The van der Waals surface area contributed by atoms with Gasteiger partial charge in [-0.3, -0.25) is 19.6 Å². The summed E-state index contributed by atoms with van der Waals surface area (Å²) in [5.41, 5.74) is 0.576. The van der Waals surface area contributed by atoms with Gasteiger partial charge in [0.05, 0.1) is 19.4 Å². The summed E-state index contributed by atoms with van der Waals surface area (Å²) in [6.07, 6.45) is 7.17. The minimum absolute atomic E-state index is 0.0225. The lowest BCUT2D eigenvalue weighted by Crippen LogP contribution is -2.58. The lowest BCUT2D eigenvalue weighted by molar-refractivity contribution is -0.0309. The Morgan fingerprint density at radius 3 is 2.74 bits per heavy atom. The van der Waals surface area contributed by atoms with Gasteiger partial charge in [0.15, 0.2) is 0 Å². The first kappa shape index (κ1) is 18.8. The second kappa shape index (κ2) is 7.81. The van der Waals surface area contributed by atoms with Crippen molar-refractivity contribution in [3.8, 4) is 0 Å². The fourth-order valence-electron chi connectivity index (χ4n) is 4.88. The fourth-order valence-corrected chi connectivity index (χ4v) is 4.88. The Morgan fingerprint density at radius 1 is 1.19 bits per heavy atom. The van der Waals surface area contributed by atoms with E-state index in [2.05, 4.69) is 33.6 Å². The first-order valence-electron chi connectivity index (χ1n) is 10.1. The van der Waals surface area contributed by atoms with Crippen LogP contribution in [0.15, 0.2) is 18.6 Å². The van der Waals surface area contributed by atoms with Gasteiger partial charge in [0, 0.05) is 63.2 Å². The maximum Gasteiger partial charge on any atom is 0.274 e. The van der Waals surface area contributed by atoms with Crippen molar-refractivity contribution in [1.82, 2.24) is 24.7 Å². The van der Waals surface area contributed by atoms with Gasteiger partial charge in [-0.1, -0.05) is 0 Å². The molecule has 4 saturated heterocycles. The topological polar surface area (TPSA) is 61.8 Å². The Morgan fingerprint density at radius 2 is 2.00 bits per heavy atom. The van der Waals surface area contributed by atoms with Gasteiger partial charge in [-0.15, -0.1) is 0 Å². The molecule has 148 valence electrons. The first-order valence-corrected chi connectivity index (χ1v) is 10.1. The van der Waals surface area contributed by atoms with E-state index in [1.54, 1.807) is 18.6 Å². The molecule has 2 bridgehead atoms. The van der Waals surface area contributed by atoms with E-state index in [-0.39, 0.29) is 11.4 Å². The number of ether oxygens (including phenoxy) is 1. The number of carbonyl (C=O) groups is 1. The van der Waals surface area contributed by atoms with Crippen LogP contribution in [0, 0.1) is 5.92 Å². The van der Waals surface area contributed by atoms with Crippen LogP contribution in [-0.4, -0.2) is 94.6 Å². The highest BCUT2D eigenvalue weighted by Crippen LogP contribution is 2.31. The Bertz CT molecular complexity index is 647. The van der Waals surface area contributed by atoms with E-state index in [1.165, 1.54) is 12.8 Å². The molecule has 1 aromatic rings. The lowest BCUT2D eigenvalue weighted by atomic mass is 9.92. The van der Waals surface area contributed by atoms with Crippen LogP contribution in [0.5, 0.6) is 0 Å². The predicted molar refractivity (Wildman–Crippen MR) is 102 cm³/mol. The Labute approximate surface area is 161 Å². The van der Waals surface area contributed by atoms with Crippen LogP contribution < -0.4 is 0 Å². The summed E-state index contributed by atoms with van der Waals surface area (Å²) >= 11 is 0. The van der Waals surface area contributed by atoms with E-state index in [0.717, 1.165) is 52.5 Å². The summed E-state index contributed by atoms with van der Waals surface area (Å²) in [5, 5.41) is 0. The van der Waals surface area contributed by atoms with Crippen LogP contribution >= 0.6 is 0 Å². The highest BCUT2D eigenvalue weighted by Gasteiger charge is 2.40. The van der Waals surface area contributed by atoms with Gasteiger partial charge < -0.3 is 9.64 Å². The van der Waals surface area contributed by atoms with E-state index in [4.69, 9.17) is 4.74 Å². The second-order valence-electron chi connectivity index (χ2n) is 8.74. The molecule has 0 spiro atoms. The number of hydrogen-bond donors (Lipinski definition) is 0. The summed E-state index contributed by atoms with van der Waals surface area (Å²) in [6.45, 7) is 12.1. The van der Waals surface area contributed by atoms with E-state index < -0.39 is 0 Å². The van der Waals surface area contributed by atoms with Crippen LogP contribution in [0.25, 0.3) is 0 Å². The SMILES string of the molecule is CC(C)(CN1C[C@H]2CC[C@@H]1CN(C(=O)c1cnccn1)C2)N1CCOCC1. The van der Waals surface area contributed by atoms with Crippen molar-refractivity contribution in [2.24, 2.45) is 5.92 Å². The fraction of sp³-hybridized carbons (Fsp3) is 0.750. The highest BCUT2D eigenvalue weighted by atomic mass is 16.5. The summed E-state index contributed by atoms with van der Waals surface area (Å²) in [4.78, 5) is 28.4. The summed E-state index contributed by atoms with van der Waals surface area (Å²) in [7, 11) is 0. The Balaban J connectivity index is 1.44. The molecule has 7 heteroatoms. The molecule has 1 amide bonds. The van der Waals surface area contributed by atoms with E-state index in [1.807, 2.05) is 4.90 Å². The molecule has 7 nitrogen and oxygen atoms in total. The second-order valence-corrected chi connectivity index (χ2v) is 8.74. The predicted octanol–water partition coefficient (Wildman–Crippen LogP) is 1.12. The zero-order valence-corrected chi connectivity index (χ0v) is 16.5. The minimum atomic E-state index is 0.0225. The quantitative estimate of drug-likeness (QED) is 0.788. The minimum Gasteiger partial charge on any atom is -0.379 e. The molecule has 4 aliphatic heterocycles. The number of rotatable bonds is 4. The average molecular weight is 374 g/mol. The largest absolute Gasteiger partial charge is 0.379 e. The zero-order chi connectivity index (χ0) is 18.9. The van der Waals surface area contributed by atoms with Gasteiger partial charge in [-0.05, 0) is 32.6 Å². The van der Waals surface area contributed by atoms with Gasteiger partial charge in [-0.25, -0.2) is 4.98 Å². The Hall–Kier alpha value is -1.57. The third-order valence-electron chi connectivity index (χ3n) is 6.35. The summed E-state index contributed by atoms with van der Waals surface area (Å²) in [5.74, 6) is 0.569. The normalized spacial score (nSPS) is 27.6. The number of fused-ring (bicyclic) bond motifs is 4. The molecule has 4 fully saturated rings. The van der Waals surface area contributed by atoms with Crippen molar-refractivity contribution in [2.45, 2.75) is 38.3 Å². The molecule has 1 aromatic heterocycles. The molecular weight excluding hydrogens is 342 g/mol. The molecular formula is C20H31N5O2. The summed E-state index contributed by atoms with van der Waals surface area (Å²) < 4.78 is 5.53. The van der Waals surface area contributed by atoms with Crippen molar-refractivity contribution in [3.63, 3.8) is 0 Å². The average Bonchev–Trinajstić information content (AvgIpc) is 3.00.